The molecule has 1 aliphatic rings. The van der Waals surface area contributed by atoms with Crippen LogP contribution in [0.2, 0.25) is 5.02 Å². The first-order valence-corrected chi connectivity index (χ1v) is 9.74. The number of cyclic esters (lactones) is 1. The molecule has 0 saturated carbocycles. The maximum absolute atomic E-state index is 14.0. The highest BCUT2D eigenvalue weighted by Crippen LogP contribution is 2.34. The molecular formula is C24H17ClFNO4. The van der Waals surface area contributed by atoms with Crippen LogP contribution in [-0.4, -0.2) is 19.0 Å². The maximum atomic E-state index is 14.0. The monoisotopic (exact) mass is 437 g/mol. The van der Waals surface area contributed by atoms with Crippen molar-refractivity contribution in [2.75, 3.05) is 7.11 Å². The number of hydrogen-bond donors (Lipinski definition) is 0. The number of carbonyl (C=O) groups excluding carboxylic acids is 1. The molecule has 3 aromatic rings. The van der Waals surface area contributed by atoms with Crippen molar-refractivity contribution < 1.29 is 23.4 Å². The fraction of sp³-hybridized carbons (Fsp3) is 0.0833. The number of rotatable bonds is 6. The van der Waals surface area contributed by atoms with E-state index >= 15 is 0 Å². The van der Waals surface area contributed by atoms with Gasteiger partial charge in [-0.25, -0.2) is 14.2 Å². The van der Waals surface area contributed by atoms with Gasteiger partial charge in [0.2, 0.25) is 5.90 Å². The van der Waals surface area contributed by atoms with Crippen molar-refractivity contribution in [1.29, 1.82) is 0 Å². The van der Waals surface area contributed by atoms with Gasteiger partial charge in [-0.2, -0.15) is 0 Å². The zero-order valence-electron chi connectivity index (χ0n) is 16.5. The summed E-state index contributed by atoms with van der Waals surface area (Å²) in [6, 6.07) is 18.5. The smallest absolute Gasteiger partial charge is 0.363 e. The molecule has 1 aliphatic heterocycles. The molecule has 0 aliphatic carbocycles. The molecule has 0 saturated heterocycles. The van der Waals surface area contributed by atoms with E-state index in [0.717, 1.165) is 5.56 Å². The highest BCUT2D eigenvalue weighted by molar-refractivity contribution is 6.30. The topological polar surface area (TPSA) is 57.1 Å². The van der Waals surface area contributed by atoms with Gasteiger partial charge in [-0.05, 0) is 42.0 Å². The predicted octanol–water partition coefficient (Wildman–Crippen LogP) is 5.41. The first-order valence-electron chi connectivity index (χ1n) is 9.37. The summed E-state index contributed by atoms with van der Waals surface area (Å²) in [5.41, 5.74) is 1.57. The minimum absolute atomic E-state index is 0.0270. The normalized spacial score (nSPS) is 14.4. The molecule has 7 heteroatoms. The number of halogens is 2. The lowest BCUT2D eigenvalue weighted by Gasteiger charge is -2.13. The Morgan fingerprint density at radius 3 is 2.68 bits per heavy atom. The number of aliphatic imine (C=N–C) groups is 1. The number of para-hydroxylation sites is 1. The Kier molecular flexibility index (Phi) is 6.00. The Morgan fingerprint density at radius 1 is 1.10 bits per heavy atom. The molecule has 0 fully saturated rings. The van der Waals surface area contributed by atoms with E-state index in [4.69, 9.17) is 25.8 Å². The first-order chi connectivity index (χ1) is 15.0. The second-order valence-corrected chi connectivity index (χ2v) is 7.05. The van der Waals surface area contributed by atoms with Crippen LogP contribution in [0.25, 0.3) is 6.08 Å². The third kappa shape index (κ3) is 4.59. The third-order valence-corrected chi connectivity index (χ3v) is 4.75. The number of ether oxygens (including phenoxy) is 3. The Hall–Kier alpha value is -3.64. The third-order valence-electron chi connectivity index (χ3n) is 4.52. The molecular weight excluding hydrogens is 421 g/mol. The maximum Gasteiger partial charge on any atom is 0.363 e. The van der Waals surface area contributed by atoms with Gasteiger partial charge in [0, 0.05) is 10.6 Å². The van der Waals surface area contributed by atoms with Crippen molar-refractivity contribution in [2.24, 2.45) is 4.99 Å². The quantitative estimate of drug-likeness (QED) is 0.382. The number of methoxy groups -OCH3 is 1. The molecule has 0 radical (unpaired) electrons. The lowest BCUT2D eigenvalue weighted by Crippen LogP contribution is -2.07. The van der Waals surface area contributed by atoms with Gasteiger partial charge < -0.3 is 14.2 Å². The van der Waals surface area contributed by atoms with Crippen LogP contribution >= 0.6 is 11.6 Å². The van der Waals surface area contributed by atoms with Crippen molar-refractivity contribution in [1.82, 2.24) is 0 Å². The highest BCUT2D eigenvalue weighted by atomic mass is 35.5. The molecule has 31 heavy (non-hydrogen) atoms. The van der Waals surface area contributed by atoms with Gasteiger partial charge in [0.25, 0.3) is 0 Å². The van der Waals surface area contributed by atoms with Crippen LogP contribution in [-0.2, 0) is 16.1 Å². The molecule has 5 nitrogen and oxygen atoms in total. The molecule has 156 valence electrons. The van der Waals surface area contributed by atoms with Crippen LogP contribution in [0.4, 0.5) is 4.39 Å². The molecule has 4 rings (SSSR count). The zero-order valence-corrected chi connectivity index (χ0v) is 17.2. The van der Waals surface area contributed by atoms with E-state index in [1.54, 1.807) is 42.5 Å². The Balaban J connectivity index is 1.67. The fourth-order valence-electron chi connectivity index (χ4n) is 3.05. The summed E-state index contributed by atoms with van der Waals surface area (Å²) in [5, 5.41) is 0.604. The second kappa shape index (κ2) is 9.02. The van der Waals surface area contributed by atoms with E-state index in [1.165, 1.54) is 25.3 Å². The summed E-state index contributed by atoms with van der Waals surface area (Å²) < 4.78 is 30.6. The van der Waals surface area contributed by atoms with E-state index in [-0.39, 0.29) is 23.8 Å². The molecule has 3 aromatic carbocycles. The zero-order chi connectivity index (χ0) is 21.8. The lowest BCUT2D eigenvalue weighted by atomic mass is 10.1. The minimum Gasteiger partial charge on any atom is -0.493 e. The van der Waals surface area contributed by atoms with Crippen molar-refractivity contribution in [2.45, 2.75) is 6.61 Å². The molecule has 0 N–H and O–H groups in total. The summed E-state index contributed by atoms with van der Waals surface area (Å²) in [7, 11) is 1.52. The summed E-state index contributed by atoms with van der Waals surface area (Å²) in [6.07, 6.45) is 1.52. The number of benzene rings is 3. The van der Waals surface area contributed by atoms with Gasteiger partial charge in [-0.1, -0.05) is 48.0 Å². The summed E-state index contributed by atoms with van der Waals surface area (Å²) >= 11 is 6.04. The van der Waals surface area contributed by atoms with Crippen LogP contribution in [0, 0.1) is 5.82 Å². The summed E-state index contributed by atoms with van der Waals surface area (Å²) in [6.45, 7) is 0.241. The van der Waals surface area contributed by atoms with Gasteiger partial charge in [0.05, 0.1) is 12.7 Å². The van der Waals surface area contributed by atoms with Crippen molar-refractivity contribution in [3.63, 3.8) is 0 Å². The van der Waals surface area contributed by atoms with E-state index in [1.807, 2.05) is 12.1 Å². The number of carbonyl (C=O) groups is 1. The van der Waals surface area contributed by atoms with Crippen LogP contribution in [0.3, 0.4) is 0 Å². The predicted molar refractivity (Wildman–Crippen MR) is 116 cm³/mol. The van der Waals surface area contributed by atoms with Gasteiger partial charge in [0.15, 0.2) is 17.2 Å². The van der Waals surface area contributed by atoms with Gasteiger partial charge in [-0.3, -0.25) is 0 Å². The number of esters is 1. The average Bonchev–Trinajstić information content (AvgIpc) is 3.13. The Labute approximate surface area is 183 Å². The molecule has 1 heterocycles. The van der Waals surface area contributed by atoms with Gasteiger partial charge in [0.1, 0.15) is 12.4 Å². The van der Waals surface area contributed by atoms with Crippen LogP contribution in [0.1, 0.15) is 16.7 Å². The molecule has 0 atom stereocenters. The molecule has 0 amide bonds. The largest absolute Gasteiger partial charge is 0.493 e. The highest BCUT2D eigenvalue weighted by Gasteiger charge is 2.26. The van der Waals surface area contributed by atoms with Crippen LogP contribution in [0.15, 0.2) is 77.4 Å². The molecule has 0 unspecified atom stereocenters. The van der Waals surface area contributed by atoms with Gasteiger partial charge >= 0.3 is 5.97 Å². The van der Waals surface area contributed by atoms with Crippen molar-refractivity contribution in [3.05, 3.63) is 100.0 Å². The van der Waals surface area contributed by atoms with Crippen LogP contribution in [0.5, 0.6) is 11.5 Å². The number of hydrogen-bond acceptors (Lipinski definition) is 5. The van der Waals surface area contributed by atoms with Crippen LogP contribution < -0.4 is 9.47 Å². The molecule has 0 aromatic heterocycles. The average molecular weight is 438 g/mol. The van der Waals surface area contributed by atoms with E-state index in [2.05, 4.69) is 4.99 Å². The first kappa shape index (κ1) is 20.6. The Morgan fingerprint density at radius 2 is 1.90 bits per heavy atom. The second-order valence-electron chi connectivity index (χ2n) is 6.61. The molecule has 0 bridgehead atoms. The minimum atomic E-state index is -0.679. The SMILES string of the molecule is COc1cccc(/C=C2\N=C(c3ccccc3F)OC2=O)c1OCc1cccc(Cl)c1. The summed E-state index contributed by atoms with van der Waals surface area (Å²) in [4.78, 5) is 16.5. The van der Waals surface area contributed by atoms with E-state index in [9.17, 15) is 9.18 Å². The molecule has 0 spiro atoms. The standard InChI is InChI=1S/C24H17ClFNO4/c1-29-21-11-5-7-16(22(21)30-14-15-6-4-8-17(25)12-15)13-20-24(28)31-23(27-20)18-9-2-3-10-19(18)26/h2-13H,14H2,1H3/b20-13-. The fourth-order valence-corrected chi connectivity index (χ4v) is 3.26. The number of nitrogens with zero attached hydrogens (tertiary/aromatic N) is 1. The Bertz CT molecular complexity index is 1210. The van der Waals surface area contributed by atoms with E-state index < -0.39 is 11.8 Å². The van der Waals surface area contributed by atoms with Crippen molar-refractivity contribution in [3.8, 4) is 11.5 Å². The van der Waals surface area contributed by atoms with E-state index in [0.29, 0.717) is 22.1 Å². The van der Waals surface area contributed by atoms with Crippen molar-refractivity contribution >= 4 is 29.5 Å². The summed E-state index contributed by atoms with van der Waals surface area (Å²) in [5.74, 6) is -0.372. The lowest BCUT2D eigenvalue weighted by molar-refractivity contribution is -0.129. The van der Waals surface area contributed by atoms with Gasteiger partial charge in [-0.15, -0.1) is 0 Å².